The zero-order chi connectivity index (χ0) is 13.1. The summed E-state index contributed by atoms with van der Waals surface area (Å²) in [7, 11) is 1.36. The molecule has 2 N–H and O–H groups in total. The molecular weight excluding hydrogens is 248 g/mol. The predicted molar refractivity (Wildman–Crippen MR) is 71.5 cm³/mol. The standard InChI is InChI=1S/C13H14N2O2S/c1-8-11(13(16)17-2)15-12(18-8)10-5-3-4-9(6-10)7-14/h3-6H,7,14H2,1-2H3. The van der Waals surface area contributed by atoms with E-state index in [4.69, 9.17) is 10.5 Å². The Bertz CT molecular complexity index is 578. The quantitative estimate of drug-likeness (QED) is 0.862. The van der Waals surface area contributed by atoms with Crippen molar-refractivity contribution in [3.63, 3.8) is 0 Å². The van der Waals surface area contributed by atoms with E-state index in [-0.39, 0.29) is 0 Å². The highest BCUT2D eigenvalue weighted by Crippen LogP contribution is 2.28. The van der Waals surface area contributed by atoms with Crippen LogP contribution in [0.15, 0.2) is 24.3 Å². The van der Waals surface area contributed by atoms with Crippen molar-refractivity contribution in [1.82, 2.24) is 4.98 Å². The van der Waals surface area contributed by atoms with Crippen LogP contribution >= 0.6 is 11.3 Å². The van der Waals surface area contributed by atoms with Gasteiger partial charge in [-0.25, -0.2) is 9.78 Å². The second-order valence-corrected chi connectivity index (χ2v) is 5.02. The molecule has 5 heteroatoms. The molecule has 0 aliphatic heterocycles. The van der Waals surface area contributed by atoms with Gasteiger partial charge in [0.15, 0.2) is 5.69 Å². The van der Waals surface area contributed by atoms with E-state index in [2.05, 4.69) is 4.98 Å². The number of ether oxygens (including phenoxy) is 1. The van der Waals surface area contributed by atoms with E-state index in [9.17, 15) is 4.79 Å². The molecule has 0 aliphatic carbocycles. The number of hydrogen-bond donors (Lipinski definition) is 1. The Labute approximate surface area is 109 Å². The molecule has 1 aromatic heterocycles. The van der Waals surface area contributed by atoms with Crippen molar-refractivity contribution in [2.75, 3.05) is 7.11 Å². The molecule has 0 aliphatic rings. The van der Waals surface area contributed by atoms with Gasteiger partial charge in [0.2, 0.25) is 0 Å². The van der Waals surface area contributed by atoms with Crippen LogP contribution in [0.3, 0.4) is 0 Å². The Morgan fingerprint density at radius 3 is 2.94 bits per heavy atom. The van der Waals surface area contributed by atoms with Crippen LogP contribution in [-0.4, -0.2) is 18.1 Å². The second-order valence-electron chi connectivity index (χ2n) is 3.82. The van der Waals surface area contributed by atoms with Crippen molar-refractivity contribution in [2.45, 2.75) is 13.5 Å². The number of nitrogens with zero attached hydrogens (tertiary/aromatic N) is 1. The summed E-state index contributed by atoms with van der Waals surface area (Å²) in [4.78, 5) is 16.7. The molecule has 2 rings (SSSR count). The van der Waals surface area contributed by atoms with Crippen LogP contribution in [0.4, 0.5) is 0 Å². The summed E-state index contributed by atoms with van der Waals surface area (Å²) >= 11 is 1.48. The molecule has 1 heterocycles. The maximum Gasteiger partial charge on any atom is 0.357 e. The van der Waals surface area contributed by atoms with Crippen LogP contribution in [0.25, 0.3) is 10.6 Å². The van der Waals surface area contributed by atoms with Gasteiger partial charge in [0.05, 0.1) is 7.11 Å². The summed E-state index contributed by atoms with van der Waals surface area (Å²) in [6.45, 7) is 2.35. The number of hydrogen-bond acceptors (Lipinski definition) is 5. The lowest BCUT2D eigenvalue weighted by Gasteiger charge is -1.99. The summed E-state index contributed by atoms with van der Waals surface area (Å²) in [5, 5.41) is 0.809. The van der Waals surface area contributed by atoms with Crippen LogP contribution in [0.1, 0.15) is 20.9 Å². The third kappa shape index (κ3) is 2.42. The number of esters is 1. The average Bonchev–Trinajstić information content (AvgIpc) is 2.80. The molecule has 2 aromatic rings. The first-order chi connectivity index (χ1) is 8.65. The minimum Gasteiger partial charge on any atom is -0.464 e. The van der Waals surface area contributed by atoms with Crippen molar-refractivity contribution < 1.29 is 9.53 Å². The Morgan fingerprint density at radius 2 is 2.28 bits per heavy atom. The molecule has 0 saturated heterocycles. The largest absolute Gasteiger partial charge is 0.464 e. The first kappa shape index (κ1) is 12.7. The third-order valence-corrected chi connectivity index (χ3v) is 3.60. The highest BCUT2D eigenvalue weighted by molar-refractivity contribution is 7.15. The second kappa shape index (κ2) is 5.29. The van der Waals surface area contributed by atoms with Crippen LogP contribution in [0.5, 0.6) is 0 Å². The molecule has 94 valence electrons. The molecule has 4 nitrogen and oxygen atoms in total. The summed E-state index contributed by atoms with van der Waals surface area (Å²) in [6, 6.07) is 7.84. The maximum atomic E-state index is 11.5. The SMILES string of the molecule is COC(=O)c1nc(-c2cccc(CN)c2)sc1C. The lowest BCUT2D eigenvalue weighted by molar-refractivity contribution is 0.0594. The van der Waals surface area contributed by atoms with Crippen LogP contribution < -0.4 is 5.73 Å². The predicted octanol–water partition coefficient (Wildman–Crippen LogP) is 2.36. The van der Waals surface area contributed by atoms with Gasteiger partial charge in [0.1, 0.15) is 5.01 Å². The minimum absolute atomic E-state index is 0.385. The molecule has 0 bridgehead atoms. The number of rotatable bonds is 3. The molecule has 18 heavy (non-hydrogen) atoms. The van der Waals surface area contributed by atoms with E-state index >= 15 is 0 Å². The Hall–Kier alpha value is -1.72. The van der Waals surface area contributed by atoms with Gasteiger partial charge in [-0.15, -0.1) is 11.3 Å². The lowest BCUT2D eigenvalue weighted by Crippen LogP contribution is -2.03. The number of thiazole rings is 1. The number of benzene rings is 1. The molecule has 0 spiro atoms. The van der Waals surface area contributed by atoms with Crippen LogP contribution in [0, 0.1) is 6.92 Å². The average molecular weight is 262 g/mol. The van der Waals surface area contributed by atoms with Gasteiger partial charge in [-0.3, -0.25) is 0 Å². The molecule has 0 unspecified atom stereocenters. The van der Waals surface area contributed by atoms with Crippen molar-refractivity contribution in [1.29, 1.82) is 0 Å². The monoisotopic (exact) mass is 262 g/mol. The summed E-state index contributed by atoms with van der Waals surface area (Å²) in [6.07, 6.45) is 0. The maximum absolute atomic E-state index is 11.5. The molecule has 0 amide bonds. The highest BCUT2D eigenvalue weighted by Gasteiger charge is 2.16. The fourth-order valence-electron chi connectivity index (χ4n) is 1.64. The molecule has 0 radical (unpaired) electrons. The van der Waals surface area contributed by atoms with E-state index in [1.54, 1.807) is 0 Å². The summed E-state index contributed by atoms with van der Waals surface area (Å²) in [5.41, 5.74) is 8.01. The zero-order valence-corrected chi connectivity index (χ0v) is 11.1. The van der Waals surface area contributed by atoms with Crippen LogP contribution in [-0.2, 0) is 11.3 Å². The Kier molecular flexibility index (Phi) is 3.74. The summed E-state index contributed by atoms with van der Waals surface area (Å²) in [5.74, 6) is -0.398. The Morgan fingerprint density at radius 1 is 1.50 bits per heavy atom. The minimum atomic E-state index is -0.398. The third-order valence-electron chi connectivity index (χ3n) is 2.58. The van der Waals surface area contributed by atoms with E-state index in [1.807, 2.05) is 31.2 Å². The number of carbonyl (C=O) groups is 1. The van der Waals surface area contributed by atoms with Crippen molar-refractivity contribution >= 4 is 17.3 Å². The van der Waals surface area contributed by atoms with Gasteiger partial charge in [0.25, 0.3) is 0 Å². The smallest absolute Gasteiger partial charge is 0.357 e. The number of aromatic nitrogens is 1. The van der Waals surface area contributed by atoms with Gasteiger partial charge in [-0.05, 0) is 18.6 Å². The Balaban J connectivity index is 2.42. The molecular formula is C13H14N2O2S. The van der Waals surface area contributed by atoms with E-state index in [1.165, 1.54) is 18.4 Å². The van der Waals surface area contributed by atoms with Gasteiger partial charge < -0.3 is 10.5 Å². The van der Waals surface area contributed by atoms with E-state index in [0.29, 0.717) is 12.2 Å². The number of aryl methyl sites for hydroxylation is 1. The molecule has 0 atom stereocenters. The van der Waals surface area contributed by atoms with Gasteiger partial charge in [0, 0.05) is 17.0 Å². The zero-order valence-electron chi connectivity index (χ0n) is 10.3. The molecule has 0 saturated carbocycles. The fourth-order valence-corrected chi connectivity index (χ4v) is 2.53. The topological polar surface area (TPSA) is 65.2 Å². The van der Waals surface area contributed by atoms with Gasteiger partial charge in [-0.1, -0.05) is 18.2 Å². The highest BCUT2D eigenvalue weighted by atomic mass is 32.1. The molecule has 0 fully saturated rings. The fraction of sp³-hybridized carbons (Fsp3) is 0.231. The molecule has 1 aromatic carbocycles. The van der Waals surface area contributed by atoms with Crippen LogP contribution in [0.2, 0.25) is 0 Å². The number of carbonyl (C=O) groups excluding carboxylic acids is 1. The van der Waals surface area contributed by atoms with E-state index < -0.39 is 5.97 Å². The first-order valence-electron chi connectivity index (χ1n) is 5.51. The normalized spacial score (nSPS) is 10.4. The number of nitrogens with two attached hydrogens (primary N) is 1. The van der Waals surface area contributed by atoms with Crippen molar-refractivity contribution in [2.24, 2.45) is 5.73 Å². The first-order valence-corrected chi connectivity index (χ1v) is 6.32. The summed E-state index contributed by atoms with van der Waals surface area (Å²) < 4.78 is 4.70. The van der Waals surface area contributed by atoms with E-state index in [0.717, 1.165) is 21.0 Å². The van der Waals surface area contributed by atoms with Crippen molar-refractivity contribution in [3.05, 3.63) is 40.4 Å². The lowest BCUT2D eigenvalue weighted by atomic mass is 10.1. The van der Waals surface area contributed by atoms with Gasteiger partial charge >= 0.3 is 5.97 Å². The number of methoxy groups -OCH3 is 1. The van der Waals surface area contributed by atoms with Crippen molar-refractivity contribution in [3.8, 4) is 10.6 Å². The van der Waals surface area contributed by atoms with Gasteiger partial charge in [-0.2, -0.15) is 0 Å².